The van der Waals surface area contributed by atoms with Crippen molar-refractivity contribution in [3.8, 4) is 12.3 Å². The van der Waals surface area contributed by atoms with Gasteiger partial charge in [0, 0.05) is 25.9 Å². The van der Waals surface area contributed by atoms with Crippen LogP contribution in [0.5, 0.6) is 0 Å². The molecule has 17 heavy (non-hydrogen) atoms. The number of nitrogens with zero attached hydrogens (tertiary/aromatic N) is 1. The van der Waals surface area contributed by atoms with Crippen molar-refractivity contribution in [3.05, 3.63) is 0 Å². The molecule has 0 radical (unpaired) electrons. The molecule has 0 bridgehead atoms. The molecule has 1 heterocycles. The average molecular weight is 236 g/mol. The van der Waals surface area contributed by atoms with Gasteiger partial charge in [-0.25, -0.2) is 0 Å². The Labute approximate surface area is 105 Å². The van der Waals surface area contributed by atoms with Crippen LogP contribution in [0.2, 0.25) is 0 Å². The standard InChI is InChI=1S/C14H24N2O/c1-3-4-5-6-9-14(17)16(2)13-8-7-11-15-12-10-13/h1,13,15H,4-12H2,2H3. The van der Waals surface area contributed by atoms with E-state index >= 15 is 0 Å². The number of rotatable bonds is 5. The first-order valence-electron chi connectivity index (χ1n) is 6.65. The summed E-state index contributed by atoms with van der Waals surface area (Å²) in [5, 5.41) is 3.37. The van der Waals surface area contributed by atoms with E-state index in [9.17, 15) is 4.79 Å². The first-order valence-corrected chi connectivity index (χ1v) is 6.65. The Morgan fingerprint density at radius 2 is 2.24 bits per heavy atom. The van der Waals surface area contributed by atoms with Crippen LogP contribution >= 0.6 is 0 Å². The van der Waals surface area contributed by atoms with Crippen LogP contribution in [0.3, 0.4) is 0 Å². The van der Waals surface area contributed by atoms with E-state index in [4.69, 9.17) is 6.42 Å². The van der Waals surface area contributed by atoms with Gasteiger partial charge in [0.15, 0.2) is 0 Å². The second-order valence-electron chi connectivity index (χ2n) is 4.75. The lowest BCUT2D eigenvalue weighted by Gasteiger charge is -2.27. The van der Waals surface area contributed by atoms with Gasteiger partial charge in [-0.3, -0.25) is 4.79 Å². The lowest BCUT2D eigenvalue weighted by Crippen LogP contribution is -2.37. The number of hydrogen-bond acceptors (Lipinski definition) is 2. The molecule has 1 aliphatic rings. The highest BCUT2D eigenvalue weighted by Gasteiger charge is 2.20. The zero-order valence-electron chi connectivity index (χ0n) is 10.9. The van der Waals surface area contributed by atoms with Crippen LogP contribution in [0.25, 0.3) is 0 Å². The Bertz CT molecular complexity index is 262. The number of amides is 1. The summed E-state index contributed by atoms with van der Waals surface area (Å²) in [4.78, 5) is 13.9. The number of carbonyl (C=O) groups is 1. The summed E-state index contributed by atoms with van der Waals surface area (Å²) in [6.45, 7) is 2.11. The maximum absolute atomic E-state index is 12.0. The Kier molecular flexibility index (Phi) is 6.73. The molecule has 0 aliphatic carbocycles. The molecule has 1 aliphatic heterocycles. The SMILES string of the molecule is C#CCCCCC(=O)N(C)C1CCCNCC1. The summed E-state index contributed by atoms with van der Waals surface area (Å²) in [6.07, 6.45) is 11.9. The predicted molar refractivity (Wildman–Crippen MR) is 70.6 cm³/mol. The maximum Gasteiger partial charge on any atom is 0.222 e. The van der Waals surface area contributed by atoms with Crippen LogP contribution in [0.1, 0.15) is 44.9 Å². The third-order valence-corrected chi connectivity index (χ3v) is 3.45. The molecule has 0 saturated carbocycles. The summed E-state index contributed by atoms with van der Waals surface area (Å²) in [5.41, 5.74) is 0. The fourth-order valence-corrected chi connectivity index (χ4v) is 2.27. The molecule has 0 spiro atoms. The van der Waals surface area contributed by atoms with Gasteiger partial charge in [0.2, 0.25) is 5.91 Å². The van der Waals surface area contributed by atoms with Crippen LogP contribution in [0.15, 0.2) is 0 Å². The molecule has 3 nitrogen and oxygen atoms in total. The van der Waals surface area contributed by atoms with Gasteiger partial charge in [0.1, 0.15) is 0 Å². The molecule has 1 N–H and O–H groups in total. The summed E-state index contributed by atoms with van der Waals surface area (Å²) in [6, 6.07) is 0.421. The van der Waals surface area contributed by atoms with Crippen molar-refractivity contribution in [2.45, 2.75) is 51.0 Å². The molecular formula is C14H24N2O. The number of carbonyl (C=O) groups excluding carboxylic acids is 1. The Balaban J connectivity index is 2.27. The average Bonchev–Trinajstić information content (AvgIpc) is 2.62. The van der Waals surface area contributed by atoms with Crippen LogP contribution in [0, 0.1) is 12.3 Å². The van der Waals surface area contributed by atoms with Crippen LogP contribution in [0.4, 0.5) is 0 Å². The molecule has 0 aromatic carbocycles. The second kappa shape index (κ2) is 8.14. The summed E-state index contributed by atoms with van der Waals surface area (Å²) < 4.78 is 0. The van der Waals surface area contributed by atoms with Gasteiger partial charge in [-0.05, 0) is 45.2 Å². The van der Waals surface area contributed by atoms with E-state index in [1.54, 1.807) is 0 Å². The van der Waals surface area contributed by atoms with Crippen molar-refractivity contribution in [3.63, 3.8) is 0 Å². The monoisotopic (exact) mass is 236 g/mol. The van der Waals surface area contributed by atoms with E-state index < -0.39 is 0 Å². The van der Waals surface area contributed by atoms with Gasteiger partial charge in [0.05, 0.1) is 0 Å². The van der Waals surface area contributed by atoms with E-state index in [-0.39, 0.29) is 5.91 Å². The number of nitrogens with one attached hydrogen (secondary N) is 1. The smallest absolute Gasteiger partial charge is 0.222 e. The van der Waals surface area contributed by atoms with E-state index in [1.807, 2.05) is 11.9 Å². The summed E-state index contributed by atoms with van der Waals surface area (Å²) in [7, 11) is 1.94. The molecule has 1 rings (SSSR count). The minimum atomic E-state index is 0.272. The molecule has 1 amide bonds. The third kappa shape index (κ3) is 5.23. The molecule has 1 unspecified atom stereocenters. The van der Waals surface area contributed by atoms with Gasteiger partial charge in [0.25, 0.3) is 0 Å². The van der Waals surface area contributed by atoms with Crippen molar-refractivity contribution in [2.24, 2.45) is 0 Å². The molecule has 0 aromatic rings. The Morgan fingerprint density at radius 3 is 3.00 bits per heavy atom. The molecule has 1 fully saturated rings. The van der Waals surface area contributed by atoms with E-state index in [0.29, 0.717) is 12.5 Å². The number of terminal acetylenes is 1. The maximum atomic E-state index is 12.0. The quantitative estimate of drug-likeness (QED) is 0.583. The Morgan fingerprint density at radius 1 is 1.41 bits per heavy atom. The number of unbranched alkanes of at least 4 members (excludes halogenated alkanes) is 2. The first kappa shape index (κ1) is 14.1. The fraction of sp³-hybridized carbons (Fsp3) is 0.786. The molecule has 96 valence electrons. The van der Waals surface area contributed by atoms with E-state index in [2.05, 4.69) is 11.2 Å². The van der Waals surface area contributed by atoms with Gasteiger partial charge in [-0.2, -0.15) is 0 Å². The highest BCUT2D eigenvalue weighted by Crippen LogP contribution is 2.13. The lowest BCUT2D eigenvalue weighted by atomic mass is 10.1. The van der Waals surface area contributed by atoms with E-state index in [0.717, 1.165) is 45.2 Å². The Hall–Kier alpha value is -1.01. The molecule has 1 saturated heterocycles. The minimum Gasteiger partial charge on any atom is -0.343 e. The minimum absolute atomic E-state index is 0.272. The predicted octanol–water partition coefficient (Wildman–Crippen LogP) is 1.78. The molecule has 0 aromatic heterocycles. The highest BCUT2D eigenvalue weighted by atomic mass is 16.2. The topological polar surface area (TPSA) is 32.3 Å². The van der Waals surface area contributed by atoms with Gasteiger partial charge in [-0.1, -0.05) is 0 Å². The van der Waals surface area contributed by atoms with Crippen LogP contribution in [-0.2, 0) is 4.79 Å². The van der Waals surface area contributed by atoms with Crippen LogP contribution < -0.4 is 5.32 Å². The van der Waals surface area contributed by atoms with Crippen LogP contribution in [-0.4, -0.2) is 37.0 Å². The normalized spacial score (nSPS) is 20.4. The van der Waals surface area contributed by atoms with Gasteiger partial charge < -0.3 is 10.2 Å². The van der Waals surface area contributed by atoms with Gasteiger partial charge >= 0.3 is 0 Å². The lowest BCUT2D eigenvalue weighted by molar-refractivity contribution is -0.132. The molecule has 3 heteroatoms. The van der Waals surface area contributed by atoms with Crippen molar-refractivity contribution in [1.82, 2.24) is 10.2 Å². The summed E-state index contributed by atoms with van der Waals surface area (Å²) in [5.74, 6) is 2.88. The first-order chi connectivity index (χ1) is 8.25. The molecule has 1 atom stereocenters. The second-order valence-corrected chi connectivity index (χ2v) is 4.75. The fourth-order valence-electron chi connectivity index (χ4n) is 2.27. The number of hydrogen-bond donors (Lipinski definition) is 1. The van der Waals surface area contributed by atoms with Crippen molar-refractivity contribution in [1.29, 1.82) is 0 Å². The zero-order chi connectivity index (χ0) is 12.5. The summed E-state index contributed by atoms with van der Waals surface area (Å²) >= 11 is 0. The van der Waals surface area contributed by atoms with E-state index in [1.165, 1.54) is 6.42 Å². The van der Waals surface area contributed by atoms with Crippen molar-refractivity contribution >= 4 is 5.91 Å². The highest BCUT2D eigenvalue weighted by molar-refractivity contribution is 5.76. The zero-order valence-corrected chi connectivity index (χ0v) is 10.9. The van der Waals surface area contributed by atoms with Crippen molar-refractivity contribution in [2.75, 3.05) is 20.1 Å². The largest absolute Gasteiger partial charge is 0.343 e. The molecular weight excluding hydrogens is 212 g/mol. The van der Waals surface area contributed by atoms with Crippen molar-refractivity contribution < 1.29 is 4.79 Å². The third-order valence-electron chi connectivity index (χ3n) is 3.45. The van der Waals surface area contributed by atoms with Gasteiger partial charge in [-0.15, -0.1) is 12.3 Å².